The highest BCUT2D eigenvalue weighted by Gasteiger charge is 2.80. The van der Waals surface area contributed by atoms with Crippen molar-refractivity contribution in [2.45, 2.75) is 62.2 Å². The van der Waals surface area contributed by atoms with Gasteiger partial charge in [-0.1, -0.05) is 6.07 Å². The first-order valence-electron chi connectivity index (χ1n) is 9.80. The molecule has 1 N–H and O–H groups in total. The number of carbonyl (C=O) groups excluding carboxylic acids is 1. The molecule has 1 aromatic carbocycles. The van der Waals surface area contributed by atoms with Crippen LogP contribution in [0.1, 0.15) is 49.3 Å². The number of ketones is 1. The average Bonchev–Trinajstić information content (AvgIpc) is 3.50. The Morgan fingerprint density at radius 2 is 2.10 bits per heavy atom. The van der Waals surface area contributed by atoms with Gasteiger partial charge in [-0.2, -0.15) is 13.2 Å². The Hall–Kier alpha value is -2.28. The molecule has 3 nitrogen and oxygen atoms in total. The van der Waals surface area contributed by atoms with E-state index in [1.807, 2.05) is 6.20 Å². The number of hydrogen-bond acceptors (Lipinski definition) is 3. The minimum absolute atomic E-state index is 0.0560. The zero-order chi connectivity index (χ0) is 20.6. The van der Waals surface area contributed by atoms with Gasteiger partial charge < -0.3 is 5.32 Å². The summed E-state index contributed by atoms with van der Waals surface area (Å²) in [5, 5.41) is 3.51. The van der Waals surface area contributed by atoms with Crippen LogP contribution in [0.15, 0.2) is 30.6 Å². The quantitative estimate of drug-likeness (QED) is 0.602. The summed E-state index contributed by atoms with van der Waals surface area (Å²) in [6.45, 7) is 1.59. The van der Waals surface area contributed by atoms with Crippen LogP contribution in [0, 0.1) is 5.82 Å². The predicted molar refractivity (Wildman–Crippen MR) is 98.8 cm³/mol. The number of halogens is 4. The van der Waals surface area contributed by atoms with Crippen LogP contribution in [-0.2, 0) is 22.8 Å². The molecule has 1 aromatic heterocycles. The van der Waals surface area contributed by atoms with Gasteiger partial charge in [0.2, 0.25) is 0 Å². The van der Waals surface area contributed by atoms with Crippen molar-refractivity contribution in [3.8, 4) is 11.1 Å². The zero-order valence-corrected chi connectivity index (χ0v) is 15.9. The van der Waals surface area contributed by atoms with Crippen molar-refractivity contribution in [3.05, 3.63) is 53.1 Å². The van der Waals surface area contributed by atoms with Gasteiger partial charge in [-0.05, 0) is 61.4 Å². The molecular formula is C22H20F4N2O. The van der Waals surface area contributed by atoms with Crippen molar-refractivity contribution < 1.29 is 22.4 Å². The number of rotatable bonds is 3. The molecule has 0 bridgehead atoms. The Labute approximate surface area is 165 Å². The third-order valence-electron chi connectivity index (χ3n) is 6.93. The molecule has 2 aromatic rings. The minimum Gasteiger partial charge on any atom is -0.304 e. The fourth-order valence-electron chi connectivity index (χ4n) is 5.54. The van der Waals surface area contributed by atoms with Gasteiger partial charge in [0, 0.05) is 41.4 Å². The van der Waals surface area contributed by atoms with Crippen molar-refractivity contribution in [2.24, 2.45) is 0 Å². The van der Waals surface area contributed by atoms with Crippen molar-refractivity contribution in [3.63, 3.8) is 0 Å². The van der Waals surface area contributed by atoms with Crippen LogP contribution >= 0.6 is 0 Å². The highest BCUT2D eigenvalue weighted by molar-refractivity contribution is 5.78. The van der Waals surface area contributed by atoms with E-state index >= 15 is 0 Å². The maximum Gasteiger partial charge on any atom is 0.419 e. The number of aromatic nitrogens is 1. The van der Waals surface area contributed by atoms with Crippen LogP contribution in [0.25, 0.3) is 11.1 Å². The largest absolute Gasteiger partial charge is 0.419 e. The summed E-state index contributed by atoms with van der Waals surface area (Å²) in [6.07, 6.45) is 2.92. The van der Waals surface area contributed by atoms with Crippen LogP contribution in [0.2, 0.25) is 0 Å². The van der Waals surface area contributed by atoms with E-state index in [-0.39, 0.29) is 22.8 Å². The summed E-state index contributed by atoms with van der Waals surface area (Å²) in [7, 11) is 0. The Balaban J connectivity index is 1.53. The Kier molecular flexibility index (Phi) is 3.79. The number of hydrogen-bond donors (Lipinski definition) is 1. The Morgan fingerprint density at radius 3 is 2.79 bits per heavy atom. The number of nitrogens with zero attached hydrogens (tertiary/aromatic N) is 1. The molecule has 0 amide bonds. The van der Waals surface area contributed by atoms with Gasteiger partial charge in [0.1, 0.15) is 11.6 Å². The lowest BCUT2D eigenvalue weighted by Crippen LogP contribution is -2.24. The summed E-state index contributed by atoms with van der Waals surface area (Å²) >= 11 is 0. The standard InChI is InChI=1S/C22H20F4N2O/c1-12(29)7-19-21(28-19)11-20(21)6-2-3-14-15(9-27-10-17(14)20)13-4-5-16(18(23)8-13)22(24,25)26/h4-5,8-10,19,28H,2-3,6-7,11H2,1H3/t19?,20-,21+/m1/s1. The number of pyridine rings is 1. The molecule has 7 heteroatoms. The summed E-state index contributed by atoms with van der Waals surface area (Å²) < 4.78 is 52.9. The molecule has 0 radical (unpaired) electrons. The van der Waals surface area contributed by atoms with E-state index in [4.69, 9.17) is 0 Å². The fraction of sp³-hybridized carbons (Fsp3) is 0.455. The molecule has 2 spiro atoms. The van der Waals surface area contributed by atoms with Gasteiger partial charge in [-0.3, -0.25) is 9.78 Å². The number of fused-ring (bicyclic) bond motifs is 3. The van der Waals surface area contributed by atoms with Crippen LogP contribution in [0.3, 0.4) is 0 Å². The number of Topliss-reactive ketones (excluding diaryl/α,β-unsaturated/α-hetero) is 1. The molecule has 1 saturated carbocycles. The number of carbonyl (C=O) groups is 1. The molecular weight excluding hydrogens is 384 g/mol. The maximum atomic E-state index is 14.2. The highest BCUT2D eigenvalue weighted by atomic mass is 19.4. The number of benzene rings is 1. The van der Waals surface area contributed by atoms with Crippen molar-refractivity contribution >= 4 is 5.78 Å². The normalized spacial score (nSPS) is 29.8. The number of alkyl halides is 3. The van der Waals surface area contributed by atoms with Gasteiger partial charge in [0.15, 0.2) is 0 Å². The molecule has 2 aliphatic carbocycles. The lowest BCUT2D eigenvalue weighted by Gasteiger charge is -2.28. The molecule has 3 atom stereocenters. The smallest absolute Gasteiger partial charge is 0.304 e. The van der Waals surface area contributed by atoms with Gasteiger partial charge in [0.05, 0.1) is 5.56 Å². The molecule has 2 heterocycles. The fourth-order valence-corrected chi connectivity index (χ4v) is 5.54. The predicted octanol–water partition coefficient (Wildman–Crippen LogP) is 4.57. The average molecular weight is 404 g/mol. The summed E-state index contributed by atoms with van der Waals surface area (Å²) in [5.41, 5.74) is 1.85. The SMILES string of the molecule is CC(=O)CC1N[C@@]12C[C@@]21CCCc2c(-c3ccc(C(F)(F)F)c(F)c3)cncc21. The molecule has 1 aliphatic heterocycles. The molecule has 152 valence electrons. The monoisotopic (exact) mass is 404 g/mol. The molecule has 2 fully saturated rings. The third-order valence-corrected chi connectivity index (χ3v) is 6.93. The summed E-state index contributed by atoms with van der Waals surface area (Å²) in [6, 6.07) is 3.25. The van der Waals surface area contributed by atoms with Gasteiger partial charge in [-0.25, -0.2) is 4.39 Å². The lowest BCUT2D eigenvalue weighted by molar-refractivity contribution is -0.140. The van der Waals surface area contributed by atoms with E-state index < -0.39 is 17.6 Å². The first-order valence-corrected chi connectivity index (χ1v) is 9.80. The Morgan fingerprint density at radius 1 is 1.31 bits per heavy atom. The first-order chi connectivity index (χ1) is 13.7. The lowest BCUT2D eigenvalue weighted by atomic mass is 9.76. The van der Waals surface area contributed by atoms with E-state index in [0.717, 1.165) is 48.9 Å². The van der Waals surface area contributed by atoms with Gasteiger partial charge in [-0.15, -0.1) is 0 Å². The van der Waals surface area contributed by atoms with Crippen LogP contribution in [-0.4, -0.2) is 22.3 Å². The highest BCUT2D eigenvalue weighted by Crippen LogP contribution is 2.71. The van der Waals surface area contributed by atoms with Crippen molar-refractivity contribution in [2.75, 3.05) is 0 Å². The van der Waals surface area contributed by atoms with Crippen molar-refractivity contribution in [1.29, 1.82) is 0 Å². The molecule has 3 aliphatic rings. The topological polar surface area (TPSA) is 51.9 Å². The third kappa shape index (κ3) is 2.66. The van der Waals surface area contributed by atoms with Crippen LogP contribution in [0.4, 0.5) is 17.6 Å². The van der Waals surface area contributed by atoms with Crippen molar-refractivity contribution in [1.82, 2.24) is 10.3 Å². The van der Waals surface area contributed by atoms with Crippen LogP contribution < -0.4 is 5.32 Å². The van der Waals surface area contributed by atoms with Gasteiger partial charge >= 0.3 is 6.18 Å². The zero-order valence-electron chi connectivity index (χ0n) is 15.9. The van der Waals surface area contributed by atoms with E-state index in [9.17, 15) is 22.4 Å². The maximum absolute atomic E-state index is 14.2. The molecule has 1 saturated heterocycles. The first kappa shape index (κ1) is 18.7. The van der Waals surface area contributed by atoms with E-state index in [2.05, 4.69) is 10.3 Å². The van der Waals surface area contributed by atoms with E-state index in [0.29, 0.717) is 17.5 Å². The van der Waals surface area contributed by atoms with Gasteiger partial charge in [0.25, 0.3) is 0 Å². The molecule has 5 rings (SSSR count). The second kappa shape index (κ2) is 5.88. The Bertz CT molecular complexity index is 1030. The van der Waals surface area contributed by atoms with E-state index in [1.165, 1.54) is 6.07 Å². The van der Waals surface area contributed by atoms with E-state index in [1.54, 1.807) is 13.1 Å². The summed E-state index contributed by atoms with van der Waals surface area (Å²) in [4.78, 5) is 15.9. The number of nitrogens with one attached hydrogen (secondary N) is 1. The minimum atomic E-state index is -4.72. The molecule has 1 unspecified atom stereocenters. The second-order valence-corrected chi connectivity index (χ2v) is 8.59. The second-order valence-electron chi connectivity index (χ2n) is 8.59. The summed E-state index contributed by atoms with van der Waals surface area (Å²) in [5.74, 6) is -1.11. The molecule has 29 heavy (non-hydrogen) atoms. The van der Waals surface area contributed by atoms with Crippen LogP contribution in [0.5, 0.6) is 0 Å².